The maximum atomic E-state index is 14.1. The Morgan fingerprint density at radius 3 is 2.59 bits per heavy atom. The maximum absolute atomic E-state index is 14.1. The van der Waals surface area contributed by atoms with E-state index >= 15 is 0 Å². The number of benzene rings is 1. The quantitative estimate of drug-likeness (QED) is 0.318. The van der Waals surface area contributed by atoms with Gasteiger partial charge in [0.15, 0.2) is 5.96 Å². The van der Waals surface area contributed by atoms with Crippen molar-refractivity contribution in [1.29, 1.82) is 0 Å². The second-order valence-corrected chi connectivity index (χ2v) is 7.06. The number of hydrogen-bond donors (Lipinski definition) is 3. The molecule has 1 atom stereocenters. The summed E-state index contributed by atoms with van der Waals surface area (Å²) >= 11 is 0. The van der Waals surface area contributed by atoms with Gasteiger partial charge in [0, 0.05) is 18.5 Å². The third-order valence-corrected chi connectivity index (χ3v) is 4.83. The summed E-state index contributed by atoms with van der Waals surface area (Å²) in [5.74, 6) is 0.915. The molecule has 0 saturated heterocycles. The Hall–Kier alpha value is -1.61. The van der Waals surface area contributed by atoms with Gasteiger partial charge in [-0.15, -0.1) is 24.0 Å². The lowest BCUT2D eigenvalue weighted by molar-refractivity contribution is 0.0437. The highest BCUT2D eigenvalue weighted by Crippen LogP contribution is 2.48. The molecule has 1 aliphatic rings. The third-order valence-electron chi connectivity index (χ3n) is 4.83. The summed E-state index contributed by atoms with van der Waals surface area (Å²) in [6.07, 6.45) is 3.43. The van der Waals surface area contributed by atoms with Crippen LogP contribution in [0.1, 0.15) is 38.0 Å². The van der Waals surface area contributed by atoms with E-state index in [0.717, 1.165) is 18.4 Å². The van der Waals surface area contributed by atoms with E-state index in [9.17, 15) is 9.50 Å². The number of furan rings is 1. The zero-order valence-corrected chi connectivity index (χ0v) is 18.0. The van der Waals surface area contributed by atoms with Gasteiger partial charge in [0.25, 0.3) is 0 Å². The van der Waals surface area contributed by atoms with Crippen molar-refractivity contribution in [3.63, 3.8) is 0 Å². The molecule has 1 heterocycles. The maximum Gasteiger partial charge on any atom is 0.191 e. The van der Waals surface area contributed by atoms with E-state index in [2.05, 4.69) is 15.6 Å². The van der Waals surface area contributed by atoms with E-state index < -0.39 is 5.60 Å². The first kappa shape index (κ1) is 21.7. The van der Waals surface area contributed by atoms with Gasteiger partial charge in [-0.05, 0) is 50.5 Å². The first-order valence-electron chi connectivity index (χ1n) is 9.00. The van der Waals surface area contributed by atoms with Gasteiger partial charge in [0.05, 0.1) is 12.8 Å². The fourth-order valence-corrected chi connectivity index (χ4v) is 3.07. The van der Waals surface area contributed by atoms with Gasteiger partial charge in [0.2, 0.25) is 0 Å². The Labute approximate surface area is 176 Å². The highest BCUT2D eigenvalue weighted by atomic mass is 127. The third kappa shape index (κ3) is 5.22. The number of aliphatic imine (C=N–C) groups is 1. The van der Waals surface area contributed by atoms with Crippen molar-refractivity contribution < 1.29 is 13.9 Å². The number of halogens is 2. The lowest BCUT2D eigenvalue weighted by Crippen LogP contribution is -2.42. The van der Waals surface area contributed by atoms with Crippen molar-refractivity contribution >= 4 is 29.9 Å². The molecule has 0 spiro atoms. The molecule has 1 saturated carbocycles. The molecule has 3 N–H and O–H groups in total. The van der Waals surface area contributed by atoms with Gasteiger partial charge in [-0.2, -0.15) is 0 Å². The average molecular weight is 487 g/mol. The van der Waals surface area contributed by atoms with E-state index in [1.54, 1.807) is 25.1 Å². The normalized spacial score (nSPS) is 17.6. The molecular formula is C20H27FIN3O2. The number of hydrogen-bond acceptors (Lipinski definition) is 3. The van der Waals surface area contributed by atoms with Crippen LogP contribution < -0.4 is 10.6 Å². The summed E-state index contributed by atoms with van der Waals surface area (Å²) in [6.45, 7) is 5.10. The minimum Gasteiger partial charge on any atom is -0.466 e. The second-order valence-electron chi connectivity index (χ2n) is 7.06. The van der Waals surface area contributed by atoms with Crippen molar-refractivity contribution in [1.82, 2.24) is 10.6 Å². The number of nitrogens with zero attached hydrogens (tertiary/aromatic N) is 1. The Balaban J connectivity index is 0.00000261. The molecule has 148 valence electrons. The molecule has 0 bridgehead atoms. The van der Waals surface area contributed by atoms with Crippen LogP contribution in [0.4, 0.5) is 4.39 Å². The molecule has 1 aliphatic carbocycles. The summed E-state index contributed by atoms with van der Waals surface area (Å²) in [7, 11) is 0. The summed E-state index contributed by atoms with van der Waals surface area (Å²) in [6, 6.07) is 10.4. The van der Waals surface area contributed by atoms with E-state index in [1.807, 2.05) is 19.1 Å². The molecule has 27 heavy (non-hydrogen) atoms. The molecule has 1 aromatic carbocycles. The lowest BCUT2D eigenvalue weighted by Gasteiger charge is -2.22. The minimum atomic E-state index is -1.19. The highest BCUT2D eigenvalue weighted by molar-refractivity contribution is 14.0. The van der Waals surface area contributed by atoms with Crippen LogP contribution in [0, 0.1) is 5.82 Å². The van der Waals surface area contributed by atoms with Crippen LogP contribution in [0.3, 0.4) is 0 Å². The molecular weight excluding hydrogens is 460 g/mol. The molecule has 3 rings (SSSR count). The van der Waals surface area contributed by atoms with E-state index in [0.29, 0.717) is 24.8 Å². The smallest absolute Gasteiger partial charge is 0.191 e. The largest absolute Gasteiger partial charge is 0.466 e. The first-order chi connectivity index (χ1) is 12.5. The van der Waals surface area contributed by atoms with Crippen LogP contribution in [0.5, 0.6) is 0 Å². The SMILES string of the molecule is CCNC(=NCC(C)(O)c1ccco1)NCC1(c2ccccc2F)CC1.I. The van der Waals surface area contributed by atoms with Gasteiger partial charge in [-0.25, -0.2) is 9.38 Å². The van der Waals surface area contributed by atoms with Crippen LogP contribution in [0.2, 0.25) is 0 Å². The average Bonchev–Trinajstić information content (AvgIpc) is 3.18. The Morgan fingerprint density at radius 1 is 1.26 bits per heavy atom. The number of guanidine groups is 1. The zero-order valence-electron chi connectivity index (χ0n) is 15.7. The molecule has 1 unspecified atom stereocenters. The lowest BCUT2D eigenvalue weighted by atomic mass is 9.95. The van der Waals surface area contributed by atoms with Crippen LogP contribution >= 0.6 is 24.0 Å². The van der Waals surface area contributed by atoms with Crippen molar-refractivity contribution in [3.05, 3.63) is 59.8 Å². The molecule has 5 nitrogen and oxygen atoms in total. The summed E-state index contributed by atoms with van der Waals surface area (Å²) in [4.78, 5) is 4.48. The predicted octanol–water partition coefficient (Wildman–Crippen LogP) is 3.53. The van der Waals surface area contributed by atoms with Crippen LogP contribution in [-0.2, 0) is 11.0 Å². The van der Waals surface area contributed by atoms with Crippen molar-refractivity contribution in [2.24, 2.45) is 4.99 Å². The van der Waals surface area contributed by atoms with Gasteiger partial charge in [0.1, 0.15) is 17.2 Å². The standard InChI is InChI=1S/C20H26FN3O2.HI/c1-3-22-18(23-13-19(2,25)17-9-6-12-26-17)24-14-20(10-11-20)15-7-4-5-8-16(15)21;/h4-9,12,25H,3,10-11,13-14H2,1-2H3,(H2,22,23,24);1H. The van der Waals surface area contributed by atoms with Gasteiger partial charge < -0.3 is 20.2 Å². The Bertz CT molecular complexity index is 758. The van der Waals surface area contributed by atoms with Crippen LogP contribution in [0.15, 0.2) is 52.1 Å². The van der Waals surface area contributed by atoms with Gasteiger partial charge >= 0.3 is 0 Å². The number of rotatable bonds is 7. The van der Waals surface area contributed by atoms with E-state index in [4.69, 9.17) is 4.42 Å². The second kappa shape index (κ2) is 9.05. The molecule has 7 heteroatoms. The van der Waals surface area contributed by atoms with Gasteiger partial charge in [-0.1, -0.05) is 18.2 Å². The van der Waals surface area contributed by atoms with Crippen molar-refractivity contribution in [3.8, 4) is 0 Å². The first-order valence-corrected chi connectivity index (χ1v) is 9.00. The Morgan fingerprint density at radius 2 is 2.00 bits per heavy atom. The summed E-state index contributed by atoms with van der Waals surface area (Å²) in [5.41, 5.74) is -0.606. The topological polar surface area (TPSA) is 69.8 Å². The summed E-state index contributed by atoms with van der Waals surface area (Å²) in [5, 5.41) is 17.0. The number of nitrogens with one attached hydrogen (secondary N) is 2. The number of aliphatic hydroxyl groups is 1. The molecule has 2 aromatic rings. The minimum absolute atomic E-state index is 0. The zero-order chi connectivity index (χ0) is 18.6. The monoisotopic (exact) mass is 487 g/mol. The molecule has 0 radical (unpaired) electrons. The molecule has 0 aliphatic heterocycles. The van der Waals surface area contributed by atoms with Crippen LogP contribution in [-0.4, -0.2) is 30.7 Å². The van der Waals surface area contributed by atoms with Crippen molar-refractivity contribution in [2.45, 2.75) is 37.7 Å². The highest BCUT2D eigenvalue weighted by Gasteiger charge is 2.45. The Kier molecular flexibility index (Phi) is 7.27. The molecule has 1 aromatic heterocycles. The summed E-state index contributed by atoms with van der Waals surface area (Å²) < 4.78 is 19.4. The fraction of sp³-hybridized carbons (Fsp3) is 0.450. The van der Waals surface area contributed by atoms with E-state index in [-0.39, 0.29) is 41.8 Å². The fourth-order valence-electron chi connectivity index (χ4n) is 3.07. The van der Waals surface area contributed by atoms with Gasteiger partial charge in [-0.3, -0.25) is 0 Å². The van der Waals surface area contributed by atoms with E-state index in [1.165, 1.54) is 12.3 Å². The van der Waals surface area contributed by atoms with Crippen molar-refractivity contribution in [2.75, 3.05) is 19.6 Å². The predicted molar refractivity (Wildman–Crippen MR) is 115 cm³/mol. The molecule has 0 amide bonds. The van der Waals surface area contributed by atoms with Crippen LogP contribution in [0.25, 0.3) is 0 Å². The molecule has 1 fully saturated rings.